The SMILES string of the molecule is C[C@](NS(=O)(=O)c1ccc2ccccc2c1)(C(N)=O)c1ccccc1. The van der Waals surface area contributed by atoms with Gasteiger partial charge in [-0.1, -0.05) is 60.7 Å². The van der Waals surface area contributed by atoms with Crippen LogP contribution in [-0.4, -0.2) is 14.3 Å². The number of carbonyl (C=O) groups is 1. The van der Waals surface area contributed by atoms with Crippen LogP contribution in [0.2, 0.25) is 0 Å². The normalized spacial score (nSPS) is 14.1. The number of hydrogen-bond donors (Lipinski definition) is 2. The van der Waals surface area contributed by atoms with Gasteiger partial charge in [-0.2, -0.15) is 4.72 Å². The van der Waals surface area contributed by atoms with E-state index in [1.165, 1.54) is 13.0 Å². The van der Waals surface area contributed by atoms with E-state index in [0.717, 1.165) is 10.8 Å². The first kappa shape index (κ1) is 17.1. The molecule has 0 bridgehead atoms. The summed E-state index contributed by atoms with van der Waals surface area (Å²) in [5.41, 5.74) is 4.44. The molecule has 3 N–H and O–H groups in total. The first-order valence-electron chi connectivity index (χ1n) is 7.71. The van der Waals surface area contributed by atoms with E-state index in [4.69, 9.17) is 5.73 Å². The highest BCUT2D eigenvalue weighted by Gasteiger charge is 2.37. The van der Waals surface area contributed by atoms with Gasteiger partial charge in [-0.25, -0.2) is 8.42 Å². The Morgan fingerprint density at radius 2 is 1.52 bits per heavy atom. The van der Waals surface area contributed by atoms with Crippen LogP contribution in [0, 0.1) is 0 Å². The summed E-state index contributed by atoms with van der Waals surface area (Å²) in [5.74, 6) is -0.775. The Morgan fingerprint density at radius 3 is 2.16 bits per heavy atom. The number of primary amides is 1. The van der Waals surface area contributed by atoms with E-state index in [9.17, 15) is 13.2 Å². The molecule has 0 saturated heterocycles. The van der Waals surface area contributed by atoms with Gasteiger partial charge in [-0.3, -0.25) is 4.79 Å². The Bertz CT molecular complexity index is 1030. The maximum Gasteiger partial charge on any atom is 0.243 e. The Morgan fingerprint density at radius 1 is 0.920 bits per heavy atom. The lowest BCUT2D eigenvalue weighted by molar-refractivity contribution is -0.123. The van der Waals surface area contributed by atoms with Crippen molar-refractivity contribution < 1.29 is 13.2 Å². The molecule has 0 aliphatic rings. The van der Waals surface area contributed by atoms with Gasteiger partial charge in [-0.05, 0) is 35.4 Å². The van der Waals surface area contributed by atoms with E-state index in [0.29, 0.717) is 5.56 Å². The second-order valence-corrected chi connectivity index (χ2v) is 7.65. The Kier molecular flexibility index (Phi) is 4.32. The lowest BCUT2D eigenvalue weighted by Gasteiger charge is -2.27. The van der Waals surface area contributed by atoms with Crippen LogP contribution in [0.25, 0.3) is 10.8 Å². The minimum absolute atomic E-state index is 0.0783. The molecule has 0 spiro atoms. The minimum atomic E-state index is -3.95. The lowest BCUT2D eigenvalue weighted by atomic mass is 9.93. The largest absolute Gasteiger partial charge is 0.368 e. The van der Waals surface area contributed by atoms with Crippen molar-refractivity contribution in [2.24, 2.45) is 5.73 Å². The van der Waals surface area contributed by atoms with Gasteiger partial charge in [0.05, 0.1) is 4.90 Å². The van der Waals surface area contributed by atoms with E-state index < -0.39 is 21.5 Å². The second-order valence-electron chi connectivity index (χ2n) is 5.97. The molecular formula is C19H18N2O3S. The second kappa shape index (κ2) is 6.31. The Balaban J connectivity index is 2.04. The fourth-order valence-electron chi connectivity index (χ4n) is 2.69. The molecule has 0 radical (unpaired) electrons. The van der Waals surface area contributed by atoms with Crippen molar-refractivity contribution in [1.29, 1.82) is 0 Å². The smallest absolute Gasteiger partial charge is 0.243 e. The topological polar surface area (TPSA) is 89.3 Å². The molecule has 128 valence electrons. The highest BCUT2D eigenvalue weighted by atomic mass is 32.2. The molecule has 0 unspecified atom stereocenters. The number of sulfonamides is 1. The molecule has 0 aromatic heterocycles. The van der Waals surface area contributed by atoms with Gasteiger partial charge in [0.15, 0.2) is 0 Å². The third-order valence-electron chi connectivity index (χ3n) is 4.21. The van der Waals surface area contributed by atoms with Crippen LogP contribution in [0.3, 0.4) is 0 Å². The van der Waals surface area contributed by atoms with Crippen molar-refractivity contribution in [3.8, 4) is 0 Å². The summed E-state index contributed by atoms with van der Waals surface area (Å²) in [6, 6.07) is 20.8. The number of rotatable bonds is 5. The molecule has 1 atom stereocenters. The Labute approximate surface area is 146 Å². The summed E-state index contributed by atoms with van der Waals surface area (Å²) < 4.78 is 28.2. The third kappa shape index (κ3) is 3.26. The molecular weight excluding hydrogens is 336 g/mol. The van der Waals surface area contributed by atoms with E-state index in [1.807, 2.05) is 24.3 Å². The van der Waals surface area contributed by atoms with Gasteiger partial charge in [0.1, 0.15) is 5.54 Å². The van der Waals surface area contributed by atoms with Crippen molar-refractivity contribution in [3.63, 3.8) is 0 Å². The molecule has 3 rings (SSSR count). The first-order valence-corrected chi connectivity index (χ1v) is 9.19. The number of nitrogens with one attached hydrogen (secondary N) is 1. The molecule has 3 aromatic rings. The van der Waals surface area contributed by atoms with Crippen LogP contribution in [0.1, 0.15) is 12.5 Å². The zero-order valence-corrected chi connectivity index (χ0v) is 14.5. The summed E-state index contributed by atoms with van der Waals surface area (Å²) in [7, 11) is -3.95. The highest BCUT2D eigenvalue weighted by Crippen LogP contribution is 2.25. The molecule has 3 aromatic carbocycles. The van der Waals surface area contributed by atoms with Gasteiger partial charge >= 0.3 is 0 Å². The van der Waals surface area contributed by atoms with E-state index in [2.05, 4.69) is 4.72 Å². The molecule has 1 amide bonds. The van der Waals surface area contributed by atoms with Crippen LogP contribution in [0.15, 0.2) is 77.7 Å². The number of hydrogen-bond acceptors (Lipinski definition) is 3. The first-order chi connectivity index (χ1) is 11.8. The number of amides is 1. The maximum atomic E-state index is 12.9. The van der Waals surface area contributed by atoms with E-state index in [1.54, 1.807) is 42.5 Å². The molecule has 6 heteroatoms. The predicted molar refractivity (Wildman–Crippen MR) is 97.3 cm³/mol. The quantitative estimate of drug-likeness (QED) is 0.738. The number of fused-ring (bicyclic) bond motifs is 1. The van der Waals surface area contributed by atoms with E-state index >= 15 is 0 Å². The average Bonchev–Trinajstić information content (AvgIpc) is 2.61. The third-order valence-corrected chi connectivity index (χ3v) is 5.77. The molecule has 0 aliphatic carbocycles. The van der Waals surface area contributed by atoms with Gasteiger partial charge in [0.25, 0.3) is 0 Å². The van der Waals surface area contributed by atoms with Crippen molar-refractivity contribution in [1.82, 2.24) is 4.72 Å². The number of carbonyl (C=O) groups excluding carboxylic acids is 1. The lowest BCUT2D eigenvalue weighted by Crippen LogP contribution is -2.52. The van der Waals surface area contributed by atoms with Crippen LogP contribution in [-0.2, 0) is 20.4 Å². The maximum absolute atomic E-state index is 12.9. The zero-order chi connectivity index (χ0) is 18.1. The minimum Gasteiger partial charge on any atom is -0.368 e. The predicted octanol–water partition coefficient (Wildman–Crippen LogP) is 2.52. The molecule has 5 nitrogen and oxygen atoms in total. The molecule has 0 fully saturated rings. The highest BCUT2D eigenvalue weighted by molar-refractivity contribution is 7.89. The fourth-order valence-corrected chi connectivity index (χ4v) is 4.09. The fraction of sp³-hybridized carbons (Fsp3) is 0.105. The van der Waals surface area contributed by atoms with Crippen LogP contribution >= 0.6 is 0 Å². The van der Waals surface area contributed by atoms with Crippen LogP contribution < -0.4 is 10.5 Å². The van der Waals surface area contributed by atoms with Gasteiger partial charge in [-0.15, -0.1) is 0 Å². The van der Waals surface area contributed by atoms with Crippen molar-refractivity contribution in [3.05, 3.63) is 78.4 Å². The van der Waals surface area contributed by atoms with Gasteiger partial charge in [0, 0.05) is 0 Å². The molecule has 0 heterocycles. The zero-order valence-electron chi connectivity index (χ0n) is 13.6. The average molecular weight is 354 g/mol. The summed E-state index contributed by atoms with van der Waals surface area (Å²) in [4.78, 5) is 12.1. The summed E-state index contributed by atoms with van der Waals surface area (Å²) >= 11 is 0. The molecule has 0 saturated carbocycles. The Hall–Kier alpha value is -2.70. The van der Waals surface area contributed by atoms with Crippen molar-refractivity contribution >= 4 is 26.7 Å². The molecule has 25 heavy (non-hydrogen) atoms. The standard InChI is InChI=1S/C19H18N2O3S/c1-19(18(20)22,16-9-3-2-4-10-16)21-25(23,24)17-12-11-14-7-5-6-8-15(14)13-17/h2-13,21H,1H3,(H2,20,22)/t19-/m1/s1. The number of nitrogens with two attached hydrogens (primary N) is 1. The summed E-state index contributed by atoms with van der Waals surface area (Å²) in [6.45, 7) is 1.46. The van der Waals surface area contributed by atoms with Crippen molar-refractivity contribution in [2.45, 2.75) is 17.4 Å². The van der Waals surface area contributed by atoms with Crippen LogP contribution in [0.4, 0.5) is 0 Å². The van der Waals surface area contributed by atoms with Crippen molar-refractivity contribution in [2.75, 3.05) is 0 Å². The monoisotopic (exact) mass is 354 g/mol. The summed E-state index contributed by atoms with van der Waals surface area (Å²) in [6.07, 6.45) is 0. The number of benzene rings is 3. The van der Waals surface area contributed by atoms with Crippen LogP contribution in [0.5, 0.6) is 0 Å². The summed E-state index contributed by atoms with van der Waals surface area (Å²) in [5, 5.41) is 1.73. The van der Waals surface area contributed by atoms with Gasteiger partial charge in [0.2, 0.25) is 15.9 Å². The van der Waals surface area contributed by atoms with Gasteiger partial charge < -0.3 is 5.73 Å². The molecule has 0 aliphatic heterocycles. The van der Waals surface area contributed by atoms with E-state index in [-0.39, 0.29) is 4.90 Å².